The fraction of sp³-hybridized carbons (Fsp3) is 0.120. The lowest BCUT2D eigenvalue weighted by atomic mass is 9.72. The Morgan fingerprint density at radius 3 is 1.93 bits per heavy atom. The highest BCUT2D eigenvalue weighted by Gasteiger charge is 2.38. The molecule has 1 aliphatic carbocycles. The molecule has 27 heavy (non-hydrogen) atoms. The number of benzene rings is 3. The first-order valence-electron chi connectivity index (χ1n) is 9.17. The van der Waals surface area contributed by atoms with E-state index in [1.165, 1.54) is 0 Å². The van der Waals surface area contributed by atoms with E-state index in [0.717, 1.165) is 16.7 Å². The van der Waals surface area contributed by atoms with Crippen LogP contribution in [0.2, 0.25) is 0 Å². The predicted octanol–water partition coefficient (Wildman–Crippen LogP) is 5.33. The number of hydrogen-bond donors (Lipinski definition) is 0. The van der Waals surface area contributed by atoms with Gasteiger partial charge in [-0.25, -0.2) is 0 Å². The molecule has 0 N–H and O–H groups in total. The maximum atomic E-state index is 13.2. The third-order valence-electron chi connectivity index (χ3n) is 5.12. The molecule has 2 unspecified atom stereocenters. The van der Waals surface area contributed by atoms with Gasteiger partial charge in [0.25, 0.3) is 0 Å². The molecule has 0 aromatic heterocycles. The Kier molecular flexibility index (Phi) is 4.80. The van der Waals surface area contributed by atoms with Crippen LogP contribution in [0.25, 0.3) is 5.57 Å². The first-order valence-corrected chi connectivity index (χ1v) is 9.17. The zero-order valence-electron chi connectivity index (χ0n) is 14.9. The highest BCUT2D eigenvalue weighted by Crippen LogP contribution is 2.39. The van der Waals surface area contributed by atoms with Gasteiger partial charge in [0.05, 0.1) is 5.92 Å². The van der Waals surface area contributed by atoms with Crippen molar-refractivity contribution >= 4 is 17.1 Å². The van der Waals surface area contributed by atoms with Gasteiger partial charge in [0.15, 0.2) is 5.78 Å². The number of carbonyl (C=O) groups is 2. The molecule has 4 rings (SSSR count). The average molecular weight is 352 g/mol. The zero-order chi connectivity index (χ0) is 18.6. The summed E-state index contributed by atoms with van der Waals surface area (Å²) in [5.74, 6) is -1.05. The van der Waals surface area contributed by atoms with Crippen molar-refractivity contribution in [2.45, 2.75) is 12.3 Å². The summed E-state index contributed by atoms with van der Waals surface area (Å²) >= 11 is 0. The molecule has 0 aliphatic heterocycles. The van der Waals surface area contributed by atoms with Gasteiger partial charge in [0, 0.05) is 17.9 Å². The van der Waals surface area contributed by atoms with Gasteiger partial charge in [0.2, 0.25) is 0 Å². The quantitative estimate of drug-likeness (QED) is 0.470. The normalized spacial score (nSPS) is 19.4. The molecule has 0 fully saturated rings. The van der Waals surface area contributed by atoms with E-state index >= 15 is 0 Å². The number of ketones is 2. The molecule has 132 valence electrons. The summed E-state index contributed by atoms with van der Waals surface area (Å²) in [6.45, 7) is 0. The van der Waals surface area contributed by atoms with E-state index in [4.69, 9.17) is 0 Å². The minimum absolute atomic E-state index is 0.0148. The van der Waals surface area contributed by atoms with Crippen LogP contribution in [0.4, 0.5) is 0 Å². The molecule has 0 amide bonds. The Morgan fingerprint density at radius 1 is 0.741 bits per heavy atom. The average Bonchev–Trinajstić information content (AvgIpc) is 2.74. The predicted molar refractivity (Wildman–Crippen MR) is 107 cm³/mol. The molecule has 0 heterocycles. The highest BCUT2D eigenvalue weighted by atomic mass is 16.2. The molecule has 0 spiro atoms. The van der Waals surface area contributed by atoms with E-state index in [1.807, 2.05) is 78.9 Å². The second-order valence-electron chi connectivity index (χ2n) is 6.85. The number of carbonyl (C=O) groups excluding carboxylic acids is 2. The standard InChI is InChI=1S/C25H20O2/c26-23-17-21(18-10-4-1-5-11-18)16-22(19-12-6-2-7-13-19)24(23)25(27)20-14-8-3-9-15-20/h1-16,22,24H,17H2. The topological polar surface area (TPSA) is 34.1 Å². The number of rotatable bonds is 4. The smallest absolute Gasteiger partial charge is 0.174 e. The molecular formula is C25H20O2. The second kappa shape index (κ2) is 7.55. The second-order valence-corrected chi connectivity index (χ2v) is 6.85. The van der Waals surface area contributed by atoms with Crippen molar-refractivity contribution in [2.24, 2.45) is 5.92 Å². The molecule has 0 saturated heterocycles. The van der Waals surface area contributed by atoms with Gasteiger partial charge in [-0.3, -0.25) is 9.59 Å². The van der Waals surface area contributed by atoms with Crippen LogP contribution in [0, 0.1) is 5.92 Å². The van der Waals surface area contributed by atoms with Crippen molar-refractivity contribution in [1.29, 1.82) is 0 Å². The van der Waals surface area contributed by atoms with Crippen molar-refractivity contribution in [3.8, 4) is 0 Å². The van der Waals surface area contributed by atoms with Crippen LogP contribution in [-0.4, -0.2) is 11.6 Å². The SMILES string of the molecule is O=C1CC(c2ccccc2)=CC(c2ccccc2)C1C(=O)c1ccccc1. The van der Waals surface area contributed by atoms with Crippen LogP contribution in [-0.2, 0) is 4.79 Å². The summed E-state index contributed by atoms with van der Waals surface area (Å²) in [6, 6.07) is 28.9. The Bertz CT molecular complexity index is 973. The van der Waals surface area contributed by atoms with Gasteiger partial charge in [-0.1, -0.05) is 97.1 Å². The number of hydrogen-bond acceptors (Lipinski definition) is 2. The third-order valence-corrected chi connectivity index (χ3v) is 5.12. The maximum Gasteiger partial charge on any atom is 0.174 e. The Morgan fingerprint density at radius 2 is 1.30 bits per heavy atom. The summed E-state index contributed by atoms with van der Waals surface area (Å²) in [7, 11) is 0. The van der Waals surface area contributed by atoms with Crippen LogP contribution in [0.15, 0.2) is 97.1 Å². The third kappa shape index (κ3) is 3.52. The van der Waals surface area contributed by atoms with E-state index in [0.29, 0.717) is 5.56 Å². The molecular weight excluding hydrogens is 332 g/mol. The lowest BCUT2D eigenvalue weighted by molar-refractivity contribution is -0.121. The van der Waals surface area contributed by atoms with Gasteiger partial charge in [0.1, 0.15) is 5.78 Å². The Hall–Kier alpha value is -3.26. The fourth-order valence-corrected chi connectivity index (χ4v) is 3.78. The molecule has 0 saturated carbocycles. The number of Topliss-reactive ketones (excluding diaryl/α,β-unsaturated/α-hetero) is 2. The summed E-state index contributed by atoms with van der Waals surface area (Å²) in [4.78, 5) is 26.3. The molecule has 2 atom stereocenters. The van der Waals surface area contributed by atoms with Gasteiger partial charge >= 0.3 is 0 Å². The van der Waals surface area contributed by atoms with E-state index in [9.17, 15) is 9.59 Å². The summed E-state index contributed by atoms with van der Waals surface area (Å²) in [5.41, 5.74) is 3.62. The van der Waals surface area contributed by atoms with Crippen molar-refractivity contribution in [3.63, 3.8) is 0 Å². The lowest BCUT2D eigenvalue weighted by Crippen LogP contribution is -2.32. The molecule has 1 aliphatic rings. The Labute approximate surface area is 159 Å². The minimum atomic E-state index is -0.678. The van der Waals surface area contributed by atoms with Crippen molar-refractivity contribution in [2.75, 3.05) is 0 Å². The number of allylic oxidation sites excluding steroid dienone is 2. The first kappa shape index (κ1) is 17.2. The lowest BCUT2D eigenvalue weighted by Gasteiger charge is -2.29. The van der Waals surface area contributed by atoms with Crippen LogP contribution >= 0.6 is 0 Å². The molecule has 2 nitrogen and oxygen atoms in total. The van der Waals surface area contributed by atoms with Crippen molar-refractivity contribution < 1.29 is 9.59 Å². The van der Waals surface area contributed by atoms with Crippen LogP contribution in [0.5, 0.6) is 0 Å². The highest BCUT2D eigenvalue weighted by molar-refractivity contribution is 6.14. The van der Waals surface area contributed by atoms with Gasteiger partial charge < -0.3 is 0 Å². The summed E-state index contributed by atoms with van der Waals surface area (Å²) in [5, 5.41) is 0. The van der Waals surface area contributed by atoms with E-state index in [1.54, 1.807) is 12.1 Å². The largest absolute Gasteiger partial charge is 0.298 e. The van der Waals surface area contributed by atoms with Crippen LogP contribution < -0.4 is 0 Å². The van der Waals surface area contributed by atoms with Gasteiger partial charge in [-0.15, -0.1) is 0 Å². The molecule has 0 radical (unpaired) electrons. The molecule has 0 bridgehead atoms. The summed E-state index contributed by atoms with van der Waals surface area (Å²) in [6.07, 6.45) is 2.40. The van der Waals surface area contributed by atoms with Crippen LogP contribution in [0.3, 0.4) is 0 Å². The van der Waals surface area contributed by atoms with Gasteiger partial charge in [-0.2, -0.15) is 0 Å². The zero-order valence-corrected chi connectivity index (χ0v) is 14.9. The van der Waals surface area contributed by atoms with Crippen molar-refractivity contribution in [3.05, 3.63) is 114 Å². The van der Waals surface area contributed by atoms with Crippen LogP contribution in [0.1, 0.15) is 33.8 Å². The van der Waals surface area contributed by atoms with Crippen molar-refractivity contribution in [1.82, 2.24) is 0 Å². The van der Waals surface area contributed by atoms with Gasteiger partial charge in [-0.05, 0) is 16.7 Å². The first-order chi connectivity index (χ1) is 13.2. The molecule has 2 heteroatoms. The van der Waals surface area contributed by atoms with E-state index in [2.05, 4.69) is 6.08 Å². The molecule has 3 aromatic carbocycles. The Balaban J connectivity index is 1.80. The monoisotopic (exact) mass is 352 g/mol. The fourth-order valence-electron chi connectivity index (χ4n) is 3.78. The van der Waals surface area contributed by atoms with E-state index < -0.39 is 5.92 Å². The van der Waals surface area contributed by atoms with E-state index in [-0.39, 0.29) is 23.9 Å². The minimum Gasteiger partial charge on any atom is -0.298 e. The maximum absolute atomic E-state index is 13.2. The summed E-state index contributed by atoms with van der Waals surface area (Å²) < 4.78 is 0. The molecule has 3 aromatic rings.